The molecule has 0 aliphatic carbocycles. The molecule has 2 heterocycles. The first-order chi connectivity index (χ1) is 5.77. The van der Waals surface area contributed by atoms with Gasteiger partial charge in [0, 0.05) is 6.54 Å². The van der Waals surface area contributed by atoms with E-state index >= 15 is 0 Å². The summed E-state index contributed by atoms with van der Waals surface area (Å²) >= 11 is 3.40. The van der Waals surface area contributed by atoms with Crippen LogP contribution in [0.5, 0.6) is 5.88 Å². The molecule has 1 aromatic rings. The standard InChI is InChI=1S/C8H11BrN2O/c1-6-2-3-12-8-7(9)4-10-11(8)5-6/h4,6H,2-3,5H2,1H3. The topological polar surface area (TPSA) is 27.1 Å². The van der Waals surface area contributed by atoms with E-state index in [1.807, 2.05) is 4.68 Å². The molecule has 1 aliphatic rings. The van der Waals surface area contributed by atoms with E-state index in [9.17, 15) is 0 Å². The lowest BCUT2D eigenvalue weighted by atomic mass is 10.1. The fraction of sp³-hybridized carbons (Fsp3) is 0.625. The van der Waals surface area contributed by atoms with E-state index in [1.54, 1.807) is 6.20 Å². The Bertz CT molecular complexity index is 285. The first-order valence-electron chi connectivity index (χ1n) is 4.11. The summed E-state index contributed by atoms with van der Waals surface area (Å²) in [4.78, 5) is 0. The highest BCUT2D eigenvalue weighted by Crippen LogP contribution is 2.27. The second-order valence-electron chi connectivity index (χ2n) is 3.22. The van der Waals surface area contributed by atoms with Crippen molar-refractivity contribution in [3.63, 3.8) is 0 Å². The van der Waals surface area contributed by atoms with Gasteiger partial charge < -0.3 is 4.74 Å². The Morgan fingerprint density at radius 2 is 2.58 bits per heavy atom. The third-order valence-electron chi connectivity index (χ3n) is 2.08. The van der Waals surface area contributed by atoms with Gasteiger partial charge in [0.2, 0.25) is 5.88 Å². The van der Waals surface area contributed by atoms with Gasteiger partial charge in [0.1, 0.15) is 0 Å². The van der Waals surface area contributed by atoms with Crippen LogP contribution in [0.3, 0.4) is 0 Å². The van der Waals surface area contributed by atoms with E-state index in [1.165, 1.54) is 0 Å². The van der Waals surface area contributed by atoms with Crippen LogP contribution in [0.15, 0.2) is 10.7 Å². The molecule has 0 amide bonds. The maximum absolute atomic E-state index is 5.54. The average molecular weight is 231 g/mol. The molecule has 0 radical (unpaired) electrons. The largest absolute Gasteiger partial charge is 0.477 e. The molecular formula is C8H11BrN2O. The predicted octanol–water partition coefficient (Wildman–Crippen LogP) is 2.06. The molecule has 1 aromatic heterocycles. The van der Waals surface area contributed by atoms with Crippen molar-refractivity contribution in [2.75, 3.05) is 6.61 Å². The van der Waals surface area contributed by atoms with Gasteiger partial charge in [-0.05, 0) is 28.3 Å². The van der Waals surface area contributed by atoms with E-state index in [0.29, 0.717) is 5.92 Å². The zero-order chi connectivity index (χ0) is 8.55. The number of hydrogen-bond acceptors (Lipinski definition) is 2. The highest BCUT2D eigenvalue weighted by molar-refractivity contribution is 9.10. The van der Waals surface area contributed by atoms with Crippen LogP contribution < -0.4 is 4.74 Å². The van der Waals surface area contributed by atoms with Crippen molar-refractivity contribution in [2.45, 2.75) is 19.9 Å². The van der Waals surface area contributed by atoms with Gasteiger partial charge in [-0.2, -0.15) is 5.10 Å². The molecule has 3 nitrogen and oxygen atoms in total. The SMILES string of the molecule is CC1CCOc2c(Br)cnn2C1. The van der Waals surface area contributed by atoms with Crippen LogP contribution in [0.4, 0.5) is 0 Å². The third-order valence-corrected chi connectivity index (χ3v) is 2.63. The lowest BCUT2D eigenvalue weighted by molar-refractivity contribution is 0.293. The minimum absolute atomic E-state index is 0.651. The van der Waals surface area contributed by atoms with Gasteiger partial charge in [0.15, 0.2) is 0 Å². The Balaban J connectivity index is 2.32. The van der Waals surface area contributed by atoms with Gasteiger partial charge in [0.25, 0.3) is 0 Å². The average Bonchev–Trinajstić information content (AvgIpc) is 2.31. The third kappa shape index (κ3) is 1.35. The molecular weight excluding hydrogens is 220 g/mol. The number of rotatable bonds is 0. The van der Waals surface area contributed by atoms with E-state index in [0.717, 1.165) is 29.9 Å². The molecule has 0 fully saturated rings. The number of halogens is 1. The fourth-order valence-corrected chi connectivity index (χ4v) is 1.78. The van der Waals surface area contributed by atoms with Crippen LogP contribution in [-0.2, 0) is 6.54 Å². The Morgan fingerprint density at radius 3 is 3.42 bits per heavy atom. The molecule has 0 spiro atoms. The van der Waals surface area contributed by atoms with Crippen LogP contribution in [0, 0.1) is 5.92 Å². The molecule has 1 aliphatic heterocycles. The van der Waals surface area contributed by atoms with E-state index in [-0.39, 0.29) is 0 Å². The molecule has 1 unspecified atom stereocenters. The summed E-state index contributed by atoms with van der Waals surface area (Å²) in [5.74, 6) is 1.53. The quantitative estimate of drug-likeness (QED) is 0.683. The second kappa shape index (κ2) is 3.09. The van der Waals surface area contributed by atoms with Crippen LogP contribution in [-0.4, -0.2) is 16.4 Å². The van der Waals surface area contributed by atoms with Gasteiger partial charge in [-0.25, -0.2) is 4.68 Å². The second-order valence-corrected chi connectivity index (χ2v) is 4.08. The zero-order valence-electron chi connectivity index (χ0n) is 6.96. The number of aromatic nitrogens is 2. The normalized spacial score (nSPS) is 22.7. The summed E-state index contributed by atoms with van der Waals surface area (Å²) in [6.07, 6.45) is 2.89. The van der Waals surface area contributed by atoms with Crippen molar-refractivity contribution in [2.24, 2.45) is 5.92 Å². The molecule has 4 heteroatoms. The molecule has 0 N–H and O–H groups in total. The molecule has 0 saturated heterocycles. The number of hydrogen-bond donors (Lipinski definition) is 0. The summed E-state index contributed by atoms with van der Waals surface area (Å²) in [5, 5.41) is 4.21. The van der Waals surface area contributed by atoms with Crippen molar-refractivity contribution in [3.8, 4) is 5.88 Å². The smallest absolute Gasteiger partial charge is 0.226 e. The molecule has 0 bridgehead atoms. The Hall–Kier alpha value is -0.510. The maximum Gasteiger partial charge on any atom is 0.226 e. The van der Waals surface area contributed by atoms with E-state index in [4.69, 9.17) is 4.74 Å². The molecule has 1 atom stereocenters. The Labute approximate surface area is 79.8 Å². The minimum atomic E-state index is 0.651. The van der Waals surface area contributed by atoms with Crippen LogP contribution >= 0.6 is 15.9 Å². The molecule has 2 rings (SSSR count). The van der Waals surface area contributed by atoms with Crippen molar-refractivity contribution in [3.05, 3.63) is 10.7 Å². The number of ether oxygens (including phenoxy) is 1. The summed E-state index contributed by atoms with van der Waals surface area (Å²) in [7, 11) is 0. The lowest BCUT2D eigenvalue weighted by Gasteiger charge is -2.04. The van der Waals surface area contributed by atoms with Gasteiger partial charge in [-0.15, -0.1) is 0 Å². The van der Waals surface area contributed by atoms with Gasteiger partial charge in [-0.1, -0.05) is 6.92 Å². The van der Waals surface area contributed by atoms with E-state index in [2.05, 4.69) is 28.0 Å². The van der Waals surface area contributed by atoms with Crippen molar-refractivity contribution < 1.29 is 4.74 Å². The van der Waals surface area contributed by atoms with Gasteiger partial charge in [0.05, 0.1) is 17.3 Å². The first-order valence-corrected chi connectivity index (χ1v) is 4.91. The first kappa shape index (κ1) is 8.10. The molecule has 0 aromatic carbocycles. The summed E-state index contributed by atoms with van der Waals surface area (Å²) in [6.45, 7) is 3.97. The van der Waals surface area contributed by atoms with Crippen LogP contribution in [0.1, 0.15) is 13.3 Å². The number of nitrogens with zero attached hydrogens (tertiary/aromatic N) is 2. The summed E-state index contributed by atoms with van der Waals surface area (Å²) in [5.41, 5.74) is 0. The highest BCUT2D eigenvalue weighted by Gasteiger charge is 2.16. The van der Waals surface area contributed by atoms with E-state index < -0.39 is 0 Å². The van der Waals surface area contributed by atoms with Gasteiger partial charge in [-0.3, -0.25) is 0 Å². The minimum Gasteiger partial charge on any atom is -0.477 e. The summed E-state index contributed by atoms with van der Waals surface area (Å²) in [6, 6.07) is 0. The fourth-order valence-electron chi connectivity index (χ4n) is 1.37. The number of fused-ring (bicyclic) bond motifs is 1. The van der Waals surface area contributed by atoms with Crippen molar-refractivity contribution in [1.82, 2.24) is 9.78 Å². The molecule has 0 saturated carbocycles. The molecule has 66 valence electrons. The Morgan fingerprint density at radius 1 is 1.75 bits per heavy atom. The lowest BCUT2D eigenvalue weighted by Crippen LogP contribution is -2.05. The van der Waals surface area contributed by atoms with Crippen LogP contribution in [0.25, 0.3) is 0 Å². The monoisotopic (exact) mass is 230 g/mol. The zero-order valence-corrected chi connectivity index (χ0v) is 8.54. The predicted molar refractivity (Wildman–Crippen MR) is 49.2 cm³/mol. The summed E-state index contributed by atoms with van der Waals surface area (Å²) < 4.78 is 8.42. The van der Waals surface area contributed by atoms with Crippen molar-refractivity contribution in [1.29, 1.82) is 0 Å². The van der Waals surface area contributed by atoms with Gasteiger partial charge >= 0.3 is 0 Å². The highest BCUT2D eigenvalue weighted by atomic mass is 79.9. The Kier molecular flexibility index (Phi) is 2.09. The molecule has 12 heavy (non-hydrogen) atoms. The van der Waals surface area contributed by atoms with Crippen molar-refractivity contribution >= 4 is 15.9 Å². The maximum atomic E-state index is 5.54. The van der Waals surface area contributed by atoms with Crippen LogP contribution in [0.2, 0.25) is 0 Å².